The van der Waals surface area contributed by atoms with Crippen molar-refractivity contribution < 1.29 is 19.1 Å². The molecule has 0 radical (unpaired) electrons. The van der Waals surface area contributed by atoms with Gasteiger partial charge >= 0.3 is 0 Å². The van der Waals surface area contributed by atoms with E-state index in [1.54, 1.807) is 37.4 Å². The fourth-order valence-corrected chi connectivity index (χ4v) is 2.14. The van der Waals surface area contributed by atoms with Crippen molar-refractivity contribution in [1.29, 1.82) is 0 Å². The van der Waals surface area contributed by atoms with Crippen molar-refractivity contribution in [3.05, 3.63) is 54.1 Å². The number of ether oxygens (including phenoxy) is 2. The molecule has 6 nitrogen and oxygen atoms in total. The molecule has 0 saturated heterocycles. The summed E-state index contributed by atoms with van der Waals surface area (Å²) >= 11 is 0. The standard InChI is InChI=1S/C18H20N2O4/c1-23-15-9-8-13(10-16(15)24-2)11-17(21)19-12-18(22)20-14-6-4-3-5-7-14/h3-10H,11-12H2,1-2H3,(H,19,21)(H,20,22). The molecule has 0 unspecified atom stereocenters. The third-order valence-corrected chi connectivity index (χ3v) is 3.32. The van der Waals surface area contributed by atoms with Crippen LogP contribution in [0.25, 0.3) is 0 Å². The van der Waals surface area contributed by atoms with Crippen LogP contribution in [-0.2, 0) is 16.0 Å². The number of hydrogen-bond acceptors (Lipinski definition) is 4. The molecular weight excluding hydrogens is 308 g/mol. The monoisotopic (exact) mass is 328 g/mol. The summed E-state index contributed by atoms with van der Waals surface area (Å²) in [7, 11) is 3.09. The minimum absolute atomic E-state index is 0.0823. The summed E-state index contributed by atoms with van der Waals surface area (Å²) in [6.07, 6.45) is 0.152. The molecule has 0 bridgehead atoms. The van der Waals surface area contributed by atoms with Gasteiger partial charge < -0.3 is 20.1 Å². The number of carbonyl (C=O) groups is 2. The molecule has 2 N–H and O–H groups in total. The molecule has 2 aromatic carbocycles. The van der Waals surface area contributed by atoms with E-state index in [-0.39, 0.29) is 24.8 Å². The maximum atomic E-state index is 12.0. The zero-order valence-corrected chi connectivity index (χ0v) is 13.7. The van der Waals surface area contributed by atoms with E-state index in [0.29, 0.717) is 17.2 Å². The first-order valence-electron chi connectivity index (χ1n) is 7.45. The van der Waals surface area contributed by atoms with Crippen molar-refractivity contribution in [2.75, 3.05) is 26.1 Å². The number of methoxy groups -OCH3 is 2. The summed E-state index contributed by atoms with van der Waals surface area (Å²) < 4.78 is 10.4. The average molecular weight is 328 g/mol. The molecule has 0 aliphatic heterocycles. The quantitative estimate of drug-likeness (QED) is 0.815. The van der Waals surface area contributed by atoms with Crippen LogP contribution in [0.2, 0.25) is 0 Å². The smallest absolute Gasteiger partial charge is 0.243 e. The Bertz CT molecular complexity index is 701. The first kappa shape index (κ1) is 17.3. The highest BCUT2D eigenvalue weighted by molar-refractivity contribution is 5.94. The average Bonchev–Trinajstić information content (AvgIpc) is 2.60. The van der Waals surface area contributed by atoms with E-state index in [1.807, 2.05) is 18.2 Å². The van der Waals surface area contributed by atoms with Crippen molar-refractivity contribution >= 4 is 17.5 Å². The molecule has 0 atom stereocenters. The van der Waals surface area contributed by atoms with E-state index in [0.717, 1.165) is 5.56 Å². The predicted octanol–water partition coefficient (Wildman–Crippen LogP) is 2.00. The lowest BCUT2D eigenvalue weighted by atomic mass is 10.1. The second-order valence-electron chi connectivity index (χ2n) is 5.06. The van der Waals surface area contributed by atoms with Gasteiger partial charge in [0, 0.05) is 5.69 Å². The minimum Gasteiger partial charge on any atom is -0.493 e. The fourth-order valence-electron chi connectivity index (χ4n) is 2.14. The Balaban J connectivity index is 1.84. The Morgan fingerprint density at radius 3 is 2.29 bits per heavy atom. The van der Waals surface area contributed by atoms with E-state index in [9.17, 15) is 9.59 Å². The third kappa shape index (κ3) is 5.01. The van der Waals surface area contributed by atoms with Crippen LogP contribution in [0.5, 0.6) is 11.5 Å². The van der Waals surface area contributed by atoms with Gasteiger partial charge in [0.2, 0.25) is 11.8 Å². The summed E-state index contributed by atoms with van der Waals surface area (Å²) in [5.41, 5.74) is 1.46. The van der Waals surface area contributed by atoms with Crippen LogP contribution in [0.15, 0.2) is 48.5 Å². The normalized spacial score (nSPS) is 9.92. The second-order valence-corrected chi connectivity index (χ2v) is 5.06. The maximum absolute atomic E-state index is 12.0. The Morgan fingerprint density at radius 2 is 1.62 bits per heavy atom. The number of para-hydroxylation sites is 1. The lowest BCUT2D eigenvalue weighted by Crippen LogP contribution is -2.33. The minimum atomic E-state index is -0.276. The highest BCUT2D eigenvalue weighted by Gasteiger charge is 2.10. The van der Waals surface area contributed by atoms with Gasteiger partial charge in [-0.1, -0.05) is 24.3 Å². The molecule has 6 heteroatoms. The lowest BCUT2D eigenvalue weighted by Gasteiger charge is -2.10. The Labute approximate surface area is 140 Å². The van der Waals surface area contributed by atoms with E-state index < -0.39 is 0 Å². The largest absolute Gasteiger partial charge is 0.493 e. The zero-order valence-electron chi connectivity index (χ0n) is 13.7. The summed E-state index contributed by atoms with van der Waals surface area (Å²) in [5, 5.41) is 5.30. The van der Waals surface area contributed by atoms with Crippen molar-refractivity contribution in [3.8, 4) is 11.5 Å². The van der Waals surface area contributed by atoms with Gasteiger partial charge in [0.1, 0.15) is 0 Å². The Kier molecular flexibility index (Phi) is 6.19. The van der Waals surface area contributed by atoms with Gasteiger partial charge in [-0.3, -0.25) is 9.59 Å². The molecule has 24 heavy (non-hydrogen) atoms. The van der Waals surface area contributed by atoms with Crippen molar-refractivity contribution in [3.63, 3.8) is 0 Å². The van der Waals surface area contributed by atoms with Crippen LogP contribution in [0.4, 0.5) is 5.69 Å². The summed E-state index contributed by atoms with van der Waals surface area (Å²) in [6.45, 7) is -0.0823. The summed E-state index contributed by atoms with van der Waals surface area (Å²) in [4.78, 5) is 23.8. The van der Waals surface area contributed by atoms with E-state index >= 15 is 0 Å². The fraction of sp³-hybridized carbons (Fsp3) is 0.222. The zero-order chi connectivity index (χ0) is 17.4. The van der Waals surface area contributed by atoms with E-state index in [1.165, 1.54) is 7.11 Å². The van der Waals surface area contributed by atoms with E-state index in [2.05, 4.69) is 10.6 Å². The topological polar surface area (TPSA) is 76.7 Å². The molecule has 0 aliphatic rings. The maximum Gasteiger partial charge on any atom is 0.243 e. The first-order valence-corrected chi connectivity index (χ1v) is 7.45. The van der Waals surface area contributed by atoms with Gasteiger partial charge in [0.05, 0.1) is 27.2 Å². The number of amides is 2. The van der Waals surface area contributed by atoms with Crippen LogP contribution >= 0.6 is 0 Å². The molecule has 126 valence electrons. The van der Waals surface area contributed by atoms with Gasteiger partial charge in [0.25, 0.3) is 0 Å². The highest BCUT2D eigenvalue weighted by atomic mass is 16.5. The van der Waals surface area contributed by atoms with Crippen molar-refractivity contribution in [1.82, 2.24) is 5.32 Å². The molecule has 0 spiro atoms. The number of nitrogens with one attached hydrogen (secondary N) is 2. The molecule has 2 rings (SSSR count). The van der Waals surface area contributed by atoms with Crippen molar-refractivity contribution in [2.24, 2.45) is 0 Å². The number of benzene rings is 2. The van der Waals surface area contributed by atoms with Crippen LogP contribution in [0.3, 0.4) is 0 Å². The molecule has 0 aromatic heterocycles. The van der Waals surface area contributed by atoms with Gasteiger partial charge in [-0.15, -0.1) is 0 Å². The molecular formula is C18H20N2O4. The van der Waals surface area contributed by atoms with Gasteiger partial charge in [-0.05, 0) is 29.8 Å². The van der Waals surface area contributed by atoms with Gasteiger partial charge in [-0.25, -0.2) is 0 Å². The summed E-state index contributed by atoms with van der Waals surface area (Å²) in [5.74, 6) is 0.640. The second kappa shape index (κ2) is 8.57. The molecule has 0 heterocycles. The molecule has 0 aliphatic carbocycles. The summed E-state index contributed by atoms with van der Waals surface area (Å²) in [6, 6.07) is 14.3. The van der Waals surface area contributed by atoms with Gasteiger partial charge in [-0.2, -0.15) is 0 Å². The predicted molar refractivity (Wildman–Crippen MR) is 91.3 cm³/mol. The first-order chi connectivity index (χ1) is 11.6. The van der Waals surface area contributed by atoms with Crippen LogP contribution in [0, 0.1) is 0 Å². The van der Waals surface area contributed by atoms with E-state index in [4.69, 9.17) is 9.47 Å². The number of carbonyl (C=O) groups excluding carboxylic acids is 2. The highest BCUT2D eigenvalue weighted by Crippen LogP contribution is 2.27. The number of anilines is 1. The molecule has 2 aromatic rings. The van der Waals surface area contributed by atoms with Crippen molar-refractivity contribution in [2.45, 2.75) is 6.42 Å². The van der Waals surface area contributed by atoms with Crippen LogP contribution < -0.4 is 20.1 Å². The number of hydrogen-bond donors (Lipinski definition) is 2. The SMILES string of the molecule is COc1ccc(CC(=O)NCC(=O)Nc2ccccc2)cc1OC. The van der Waals surface area contributed by atoms with Crippen LogP contribution in [-0.4, -0.2) is 32.6 Å². The Hall–Kier alpha value is -3.02. The lowest BCUT2D eigenvalue weighted by molar-refractivity contribution is -0.123. The molecule has 2 amide bonds. The van der Waals surface area contributed by atoms with Crippen LogP contribution in [0.1, 0.15) is 5.56 Å². The molecule has 0 fully saturated rings. The number of rotatable bonds is 7. The Morgan fingerprint density at radius 1 is 0.917 bits per heavy atom. The van der Waals surface area contributed by atoms with Gasteiger partial charge in [0.15, 0.2) is 11.5 Å². The molecule has 0 saturated carbocycles. The third-order valence-electron chi connectivity index (χ3n) is 3.32.